The summed E-state index contributed by atoms with van der Waals surface area (Å²) in [5, 5.41) is 7.06. The van der Waals surface area contributed by atoms with Crippen molar-refractivity contribution >= 4 is 5.91 Å². The van der Waals surface area contributed by atoms with Crippen molar-refractivity contribution < 1.29 is 13.6 Å². The van der Waals surface area contributed by atoms with Gasteiger partial charge in [0.05, 0.1) is 24.4 Å². The van der Waals surface area contributed by atoms with Crippen molar-refractivity contribution in [3.8, 4) is 11.3 Å². The number of amides is 1. The molecule has 1 saturated carbocycles. The standard InChI is InChI=1S/C16H15F2N3O/c17-10-3-4-11(13(18)5-10)16-12-6-15(22)21(7-9-1-2-9)8-14(12)19-20-16/h3-5,9H,1-2,6-8H2,(H,19,20). The molecule has 2 aromatic rings. The van der Waals surface area contributed by atoms with E-state index < -0.39 is 11.6 Å². The molecular weight excluding hydrogens is 288 g/mol. The molecule has 114 valence electrons. The number of hydrogen-bond acceptors (Lipinski definition) is 2. The Kier molecular flexibility index (Phi) is 2.99. The van der Waals surface area contributed by atoms with Crippen LogP contribution in [-0.2, 0) is 17.8 Å². The van der Waals surface area contributed by atoms with E-state index in [0.29, 0.717) is 18.2 Å². The number of nitrogens with zero attached hydrogens (tertiary/aromatic N) is 2. The quantitative estimate of drug-likeness (QED) is 0.947. The maximum atomic E-state index is 13.9. The minimum atomic E-state index is -0.665. The summed E-state index contributed by atoms with van der Waals surface area (Å²) in [4.78, 5) is 14.1. The van der Waals surface area contributed by atoms with E-state index in [-0.39, 0.29) is 17.9 Å². The molecular formula is C16H15F2N3O. The van der Waals surface area contributed by atoms with E-state index >= 15 is 0 Å². The molecule has 0 saturated heterocycles. The van der Waals surface area contributed by atoms with E-state index in [4.69, 9.17) is 0 Å². The van der Waals surface area contributed by atoms with Crippen LogP contribution in [0.1, 0.15) is 24.1 Å². The second-order valence-corrected chi connectivity index (χ2v) is 6.05. The molecule has 1 fully saturated rings. The minimum Gasteiger partial charge on any atom is -0.336 e. The largest absolute Gasteiger partial charge is 0.336 e. The fourth-order valence-corrected chi connectivity index (χ4v) is 2.95. The zero-order chi connectivity index (χ0) is 15.3. The lowest BCUT2D eigenvalue weighted by atomic mass is 9.99. The summed E-state index contributed by atoms with van der Waals surface area (Å²) in [6.07, 6.45) is 2.59. The van der Waals surface area contributed by atoms with Gasteiger partial charge in [-0.15, -0.1) is 0 Å². The average molecular weight is 303 g/mol. The highest BCUT2D eigenvalue weighted by Crippen LogP contribution is 2.34. The molecule has 2 heterocycles. The van der Waals surface area contributed by atoms with Crippen LogP contribution in [0.2, 0.25) is 0 Å². The van der Waals surface area contributed by atoms with Gasteiger partial charge in [0.15, 0.2) is 0 Å². The Morgan fingerprint density at radius 1 is 1.32 bits per heavy atom. The fourth-order valence-electron chi connectivity index (χ4n) is 2.95. The van der Waals surface area contributed by atoms with Gasteiger partial charge in [-0.1, -0.05) is 0 Å². The Balaban J connectivity index is 1.67. The van der Waals surface area contributed by atoms with Gasteiger partial charge in [0.2, 0.25) is 5.91 Å². The summed E-state index contributed by atoms with van der Waals surface area (Å²) in [6.45, 7) is 1.28. The van der Waals surface area contributed by atoms with Gasteiger partial charge >= 0.3 is 0 Å². The summed E-state index contributed by atoms with van der Waals surface area (Å²) >= 11 is 0. The number of fused-ring (bicyclic) bond motifs is 1. The molecule has 2 aliphatic rings. The predicted octanol–water partition coefficient (Wildman–Crippen LogP) is 2.65. The van der Waals surface area contributed by atoms with Crippen molar-refractivity contribution in [2.24, 2.45) is 5.92 Å². The van der Waals surface area contributed by atoms with Crippen molar-refractivity contribution in [2.45, 2.75) is 25.8 Å². The molecule has 22 heavy (non-hydrogen) atoms. The first-order valence-corrected chi connectivity index (χ1v) is 7.41. The Hall–Kier alpha value is -2.24. The topological polar surface area (TPSA) is 49.0 Å². The molecule has 0 radical (unpaired) electrons. The molecule has 0 spiro atoms. The summed E-state index contributed by atoms with van der Waals surface area (Å²) in [5.74, 6) is -0.619. The van der Waals surface area contributed by atoms with Crippen LogP contribution in [0, 0.1) is 17.6 Å². The maximum absolute atomic E-state index is 13.9. The molecule has 6 heteroatoms. The van der Waals surface area contributed by atoms with Gasteiger partial charge < -0.3 is 4.90 Å². The van der Waals surface area contributed by atoms with Gasteiger partial charge in [-0.3, -0.25) is 9.89 Å². The minimum absolute atomic E-state index is 0.0459. The van der Waals surface area contributed by atoms with E-state index in [2.05, 4.69) is 10.2 Å². The highest BCUT2D eigenvalue weighted by atomic mass is 19.1. The number of carbonyl (C=O) groups excluding carboxylic acids is 1. The third-order valence-corrected chi connectivity index (χ3v) is 4.34. The number of aromatic amines is 1. The van der Waals surface area contributed by atoms with Crippen molar-refractivity contribution in [1.29, 1.82) is 0 Å². The van der Waals surface area contributed by atoms with Crippen molar-refractivity contribution in [3.63, 3.8) is 0 Å². The van der Waals surface area contributed by atoms with Crippen LogP contribution in [0.15, 0.2) is 18.2 Å². The van der Waals surface area contributed by atoms with Gasteiger partial charge in [-0.2, -0.15) is 5.10 Å². The van der Waals surface area contributed by atoms with Crippen LogP contribution in [0.3, 0.4) is 0 Å². The fraction of sp³-hybridized carbons (Fsp3) is 0.375. The molecule has 4 nitrogen and oxygen atoms in total. The number of aromatic nitrogens is 2. The SMILES string of the molecule is O=C1Cc2c(-c3ccc(F)cc3F)n[nH]c2CN1CC1CC1. The summed E-state index contributed by atoms with van der Waals surface area (Å²) in [6, 6.07) is 3.39. The Morgan fingerprint density at radius 2 is 2.14 bits per heavy atom. The average Bonchev–Trinajstić information content (AvgIpc) is 3.20. The smallest absolute Gasteiger partial charge is 0.227 e. The van der Waals surface area contributed by atoms with E-state index in [1.54, 1.807) is 0 Å². The lowest BCUT2D eigenvalue weighted by Gasteiger charge is -2.26. The number of rotatable bonds is 3. The molecule has 0 atom stereocenters. The van der Waals surface area contributed by atoms with Crippen LogP contribution < -0.4 is 0 Å². The Bertz CT molecular complexity index is 752. The van der Waals surface area contributed by atoms with E-state index in [1.165, 1.54) is 25.0 Å². The number of benzene rings is 1. The molecule has 0 bridgehead atoms. The zero-order valence-corrected chi connectivity index (χ0v) is 11.9. The van der Waals surface area contributed by atoms with Crippen LogP contribution in [0.4, 0.5) is 8.78 Å². The lowest BCUT2D eigenvalue weighted by molar-refractivity contribution is -0.132. The second kappa shape index (κ2) is 4.90. The normalized spacial score (nSPS) is 17.7. The van der Waals surface area contributed by atoms with E-state index in [1.807, 2.05) is 4.90 Å². The van der Waals surface area contributed by atoms with E-state index in [0.717, 1.165) is 23.9 Å². The second-order valence-electron chi connectivity index (χ2n) is 6.05. The summed E-state index contributed by atoms with van der Waals surface area (Å²) in [5.41, 5.74) is 2.20. The number of halogens is 2. The third kappa shape index (κ3) is 2.28. The maximum Gasteiger partial charge on any atom is 0.227 e. The van der Waals surface area contributed by atoms with Gasteiger partial charge in [0, 0.05) is 23.7 Å². The van der Waals surface area contributed by atoms with Gasteiger partial charge in [-0.05, 0) is 30.9 Å². The molecule has 1 aromatic heterocycles. The molecule has 1 aromatic carbocycles. The number of carbonyl (C=O) groups is 1. The number of H-pyrrole nitrogens is 1. The van der Waals surface area contributed by atoms with Crippen LogP contribution in [0.5, 0.6) is 0 Å². The number of nitrogens with one attached hydrogen (secondary N) is 1. The lowest BCUT2D eigenvalue weighted by Crippen LogP contribution is -2.37. The van der Waals surface area contributed by atoms with Gasteiger partial charge in [-0.25, -0.2) is 8.78 Å². The Morgan fingerprint density at radius 3 is 2.86 bits per heavy atom. The molecule has 1 N–H and O–H groups in total. The Labute approximate surface area is 126 Å². The third-order valence-electron chi connectivity index (χ3n) is 4.34. The number of hydrogen-bond donors (Lipinski definition) is 1. The van der Waals surface area contributed by atoms with Crippen molar-refractivity contribution in [3.05, 3.63) is 41.1 Å². The van der Waals surface area contributed by atoms with Crippen LogP contribution in [0.25, 0.3) is 11.3 Å². The van der Waals surface area contributed by atoms with E-state index in [9.17, 15) is 13.6 Å². The molecule has 4 rings (SSSR count). The molecule has 1 amide bonds. The van der Waals surface area contributed by atoms with Gasteiger partial charge in [0.25, 0.3) is 0 Å². The van der Waals surface area contributed by atoms with Crippen LogP contribution in [-0.4, -0.2) is 27.5 Å². The van der Waals surface area contributed by atoms with Crippen molar-refractivity contribution in [1.82, 2.24) is 15.1 Å². The molecule has 1 aliphatic heterocycles. The highest BCUT2D eigenvalue weighted by molar-refractivity contribution is 5.83. The highest BCUT2D eigenvalue weighted by Gasteiger charge is 2.32. The van der Waals surface area contributed by atoms with Crippen molar-refractivity contribution in [2.75, 3.05) is 6.54 Å². The monoisotopic (exact) mass is 303 g/mol. The predicted molar refractivity (Wildman–Crippen MR) is 75.8 cm³/mol. The van der Waals surface area contributed by atoms with Gasteiger partial charge in [0.1, 0.15) is 11.6 Å². The summed E-state index contributed by atoms with van der Waals surface area (Å²) in [7, 11) is 0. The first kappa shape index (κ1) is 13.4. The first-order valence-electron chi connectivity index (χ1n) is 7.41. The van der Waals surface area contributed by atoms with Crippen LogP contribution >= 0.6 is 0 Å². The molecule has 0 unspecified atom stereocenters. The first-order chi connectivity index (χ1) is 10.6. The zero-order valence-electron chi connectivity index (χ0n) is 11.9. The molecule has 1 aliphatic carbocycles. The summed E-state index contributed by atoms with van der Waals surface area (Å²) < 4.78 is 27.0.